The number of hydrogen-bond donors (Lipinski definition) is 0. The Morgan fingerprint density at radius 3 is 2.79 bits per heavy atom. The summed E-state index contributed by atoms with van der Waals surface area (Å²) < 4.78 is 6.24. The van der Waals surface area contributed by atoms with Gasteiger partial charge in [-0.3, -0.25) is 4.79 Å². The molecule has 1 aromatic rings. The molecule has 0 heterocycles. The molecule has 0 atom stereocenters. The Hall–Kier alpha value is -0.540. The molecule has 2 nitrogen and oxygen atoms in total. The summed E-state index contributed by atoms with van der Waals surface area (Å²) in [6, 6.07) is 5.83. The fourth-order valence-corrected chi connectivity index (χ4v) is 2.65. The molecule has 19 heavy (non-hydrogen) atoms. The lowest BCUT2D eigenvalue weighted by Gasteiger charge is -2.14. The van der Waals surface area contributed by atoms with E-state index >= 15 is 0 Å². The molecule has 4 heteroatoms. The molecule has 104 valence electrons. The Morgan fingerprint density at radius 2 is 2.21 bits per heavy atom. The molecule has 0 N–H and O–H groups in total. The molecule has 1 aromatic carbocycles. The molecule has 0 saturated heterocycles. The third-order valence-electron chi connectivity index (χ3n) is 3.54. The van der Waals surface area contributed by atoms with E-state index in [1.165, 1.54) is 0 Å². The molecule has 0 amide bonds. The van der Waals surface area contributed by atoms with Gasteiger partial charge in [-0.15, -0.1) is 0 Å². The van der Waals surface area contributed by atoms with Gasteiger partial charge in [-0.25, -0.2) is 0 Å². The van der Waals surface area contributed by atoms with Gasteiger partial charge in [0, 0.05) is 4.47 Å². The Labute approximate surface area is 127 Å². The van der Waals surface area contributed by atoms with Crippen LogP contribution in [0.25, 0.3) is 0 Å². The number of carbonyl (C=O) groups excluding carboxylic acids is 1. The van der Waals surface area contributed by atoms with E-state index in [9.17, 15) is 4.79 Å². The first-order valence-corrected chi connectivity index (χ1v) is 7.86. The summed E-state index contributed by atoms with van der Waals surface area (Å²) in [5.41, 5.74) is 0.849. The molecular weight excluding hydrogens is 328 g/mol. The molecule has 2 rings (SSSR count). The van der Waals surface area contributed by atoms with Crippen LogP contribution in [-0.2, 0) is 16.0 Å². The molecule has 0 unspecified atom stereocenters. The van der Waals surface area contributed by atoms with E-state index in [1.807, 2.05) is 18.2 Å². The number of unbranched alkanes of at least 4 members (excludes halogenated alkanes) is 1. The van der Waals surface area contributed by atoms with Gasteiger partial charge >= 0.3 is 5.97 Å². The van der Waals surface area contributed by atoms with Crippen LogP contribution in [0.5, 0.6) is 0 Å². The predicted octanol–water partition coefficient (Wildman–Crippen LogP) is 4.77. The molecular formula is C15H18BrClO2. The minimum Gasteiger partial charge on any atom is -0.465 e. The maximum atomic E-state index is 12.1. The number of benzene rings is 1. The van der Waals surface area contributed by atoms with E-state index < -0.39 is 0 Å². The van der Waals surface area contributed by atoms with Gasteiger partial charge in [0.05, 0.1) is 17.0 Å². The van der Waals surface area contributed by atoms with E-state index in [4.69, 9.17) is 16.3 Å². The van der Waals surface area contributed by atoms with Gasteiger partial charge in [0.1, 0.15) is 0 Å². The highest BCUT2D eigenvalue weighted by Gasteiger charge is 2.51. The summed E-state index contributed by atoms with van der Waals surface area (Å²) in [4.78, 5) is 12.1. The fourth-order valence-electron chi connectivity index (χ4n) is 2.11. The first kappa shape index (κ1) is 14.9. The third-order valence-corrected chi connectivity index (χ3v) is 4.76. The zero-order valence-electron chi connectivity index (χ0n) is 11.0. The summed E-state index contributed by atoms with van der Waals surface area (Å²) in [6.45, 7) is 2.63. The third kappa shape index (κ3) is 3.73. The predicted molar refractivity (Wildman–Crippen MR) is 80.4 cm³/mol. The lowest BCUT2D eigenvalue weighted by atomic mass is 9.97. The largest absolute Gasteiger partial charge is 0.465 e. The quantitative estimate of drug-likeness (QED) is 0.548. The standard InChI is InChI=1S/C15H18BrClO2/c1-2-3-8-19-14(18)15(6-7-15)10-11-4-5-13(17)12(16)9-11/h4-5,9H,2-3,6-8,10H2,1H3. The van der Waals surface area contributed by atoms with Crippen molar-refractivity contribution >= 4 is 33.5 Å². The Kier molecular flexibility index (Phi) is 4.91. The SMILES string of the molecule is CCCCOC(=O)C1(Cc2ccc(Cl)c(Br)c2)CC1. The van der Waals surface area contributed by atoms with Crippen molar-refractivity contribution in [2.45, 2.75) is 39.0 Å². The van der Waals surface area contributed by atoms with Crippen molar-refractivity contribution in [3.8, 4) is 0 Å². The van der Waals surface area contributed by atoms with E-state index in [1.54, 1.807) is 0 Å². The highest BCUT2D eigenvalue weighted by molar-refractivity contribution is 9.10. The molecule has 1 fully saturated rings. The number of hydrogen-bond acceptors (Lipinski definition) is 2. The van der Waals surface area contributed by atoms with Crippen molar-refractivity contribution in [3.05, 3.63) is 33.3 Å². The van der Waals surface area contributed by atoms with Crippen LogP contribution in [0.3, 0.4) is 0 Å². The molecule has 1 saturated carbocycles. The van der Waals surface area contributed by atoms with E-state index in [0.29, 0.717) is 11.6 Å². The van der Waals surface area contributed by atoms with Gasteiger partial charge in [0.15, 0.2) is 0 Å². The van der Waals surface area contributed by atoms with Crippen molar-refractivity contribution in [2.24, 2.45) is 5.41 Å². The summed E-state index contributed by atoms with van der Waals surface area (Å²) >= 11 is 9.39. The molecule has 0 aliphatic heterocycles. The number of rotatable bonds is 6. The second-order valence-electron chi connectivity index (χ2n) is 5.20. The van der Waals surface area contributed by atoms with Crippen LogP contribution in [0.2, 0.25) is 5.02 Å². The molecule has 0 spiro atoms. The zero-order chi connectivity index (χ0) is 13.9. The zero-order valence-corrected chi connectivity index (χ0v) is 13.4. The van der Waals surface area contributed by atoms with E-state index in [2.05, 4.69) is 22.9 Å². The maximum Gasteiger partial charge on any atom is 0.312 e. The maximum absolute atomic E-state index is 12.1. The van der Waals surface area contributed by atoms with E-state index in [0.717, 1.165) is 42.1 Å². The number of ether oxygens (including phenoxy) is 1. The van der Waals surface area contributed by atoms with Crippen LogP contribution < -0.4 is 0 Å². The average Bonchev–Trinajstić information content (AvgIpc) is 3.15. The monoisotopic (exact) mass is 344 g/mol. The van der Waals surface area contributed by atoms with Gasteiger partial charge in [-0.05, 0) is 59.3 Å². The summed E-state index contributed by atoms with van der Waals surface area (Å²) in [6.07, 6.45) is 4.59. The summed E-state index contributed by atoms with van der Waals surface area (Å²) in [7, 11) is 0. The van der Waals surface area contributed by atoms with Gasteiger partial charge in [-0.2, -0.15) is 0 Å². The van der Waals surface area contributed by atoms with Crippen LogP contribution in [-0.4, -0.2) is 12.6 Å². The van der Waals surface area contributed by atoms with Crippen LogP contribution in [0.15, 0.2) is 22.7 Å². The van der Waals surface area contributed by atoms with Crippen molar-refractivity contribution in [1.82, 2.24) is 0 Å². The van der Waals surface area contributed by atoms with Crippen molar-refractivity contribution in [2.75, 3.05) is 6.61 Å². The second-order valence-corrected chi connectivity index (χ2v) is 6.46. The van der Waals surface area contributed by atoms with Gasteiger partial charge in [-0.1, -0.05) is 31.0 Å². The van der Waals surface area contributed by atoms with Crippen LogP contribution in [0.4, 0.5) is 0 Å². The number of carbonyl (C=O) groups is 1. The minimum absolute atomic E-state index is 0.0352. The highest BCUT2D eigenvalue weighted by atomic mass is 79.9. The average molecular weight is 346 g/mol. The van der Waals surface area contributed by atoms with Crippen molar-refractivity contribution in [3.63, 3.8) is 0 Å². The normalized spacial score (nSPS) is 16.2. The van der Waals surface area contributed by atoms with Crippen molar-refractivity contribution < 1.29 is 9.53 Å². The molecule has 0 radical (unpaired) electrons. The topological polar surface area (TPSA) is 26.3 Å². The van der Waals surface area contributed by atoms with Crippen LogP contribution >= 0.6 is 27.5 Å². The Balaban J connectivity index is 1.97. The lowest BCUT2D eigenvalue weighted by molar-refractivity contribution is -0.150. The minimum atomic E-state index is -0.277. The highest BCUT2D eigenvalue weighted by Crippen LogP contribution is 2.49. The molecule has 1 aliphatic rings. The Bertz CT molecular complexity index is 469. The van der Waals surface area contributed by atoms with Gasteiger partial charge in [0.2, 0.25) is 0 Å². The number of halogens is 2. The summed E-state index contributed by atoms with van der Waals surface area (Å²) in [5, 5.41) is 0.694. The molecule has 0 bridgehead atoms. The van der Waals surface area contributed by atoms with Crippen molar-refractivity contribution in [1.29, 1.82) is 0 Å². The van der Waals surface area contributed by atoms with Gasteiger partial charge < -0.3 is 4.74 Å². The second kappa shape index (κ2) is 6.27. The molecule has 1 aliphatic carbocycles. The first-order chi connectivity index (χ1) is 9.07. The number of esters is 1. The van der Waals surface area contributed by atoms with E-state index in [-0.39, 0.29) is 11.4 Å². The summed E-state index contributed by atoms with van der Waals surface area (Å²) in [5.74, 6) is -0.0352. The Morgan fingerprint density at radius 1 is 1.47 bits per heavy atom. The van der Waals surface area contributed by atoms with Gasteiger partial charge in [0.25, 0.3) is 0 Å². The molecule has 0 aromatic heterocycles. The first-order valence-electron chi connectivity index (χ1n) is 6.68. The smallest absolute Gasteiger partial charge is 0.312 e. The van der Waals surface area contributed by atoms with Crippen LogP contribution in [0.1, 0.15) is 38.2 Å². The van der Waals surface area contributed by atoms with Crippen LogP contribution in [0, 0.1) is 5.41 Å². The fraction of sp³-hybridized carbons (Fsp3) is 0.533. The lowest BCUT2D eigenvalue weighted by Crippen LogP contribution is -2.22.